The van der Waals surface area contributed by atoms with Gasteiger partial charge in [0.2, 0.25) is 0 Å². The number of guanidine groups is 1. The van der Waals surface area contributed by atoms with Gasteiger partial charge in [-0.05, 0) is 37.0 Å². The molecule has 144 valence electrons. The molecule has 0 saturated carbocycles. The Labute approximate surface area is 163 Å². The summed E-state index contributed by atoms with van der Waals surface area (Å²) in [5, 5.41) is 6.68. The average Bonchev–Trinajstić information content (AvgIpc) is 2.98. The molecule has 0 radical (unpaired) electrons. The number of hydrogen-bond donors (Lipinski definition) is 2. The molecule has 0 aliphatic carbocycles. The predicted octanol–water partition coefficient (Wildman–Crippen LogP) is 1.85. The minimum absolute atomic E-state index is 0.0156. The van der Waals surface area contributed by atoms with Crippen LogP contribution in [0.2, 0.25) is 0 Å². The van der Waals surface area contributed by atoms with E-state index in [0.29, 0.717) is 12.4 Å². The number of aliphatic imine (C=N–C) groups is 1. The lowest BCUT2D eigenvalue weighted by molar-refractivity contribution is 0.0513. The normalized spacial score (nSPS) is 25.0. The maximum atomic E-state index is 11.7. The molecule has 2 fully saturated rings. The second kappa shape index (κ2) is 8.27. The predicted molar refractivity (Wildman–Crippen MR) is 107 cm³/mol. The van der Waals surface area contributed by atoms with Crippen molar-refractivity contribution >= 4 is 31.7 Å². The summed E-state index contributed by atoms with van der Waals surface area (Å²) in [6.07, 6.45) is 2.52. The molecule has 1 atom stereocenters. The van der Waals surface area contributed by atoms with Crippen LogP contribution >= 0.6 is 15.9 Å². The third kappa shape index (κ3) is 4.78. The fraction of sp³-hybridized carbons (Fsp3) is 0.611. The topological polar surface area (TPSA) is 79.8 Å². The molecule has 2 N–H and O–H groups in total. The monoisotopic (exact) mass is 443 g/mol. The minimum atomic E-state index is -2.91. The summed E-state index contributed by atoms with van der Waals surface area (Å²) in [6.45, 7) is 2.21. The van der Waals surface area contributed by atoms with Crippen LogP contribution in [0.25, 0.3) is 0 Å². The quantitative estimate of drug-likeness (QED) is 0.548. The van der Waals surface area contributed by atoms with E-state index in [-0.39, 0.29) is 23.0 Å². The van der Waals surface area contributed by atoms with E-state index in [9.17, 15) is 8.42 Å². The summed E-state index contributed by atoms with van der Waals surface area (Å²) < 4.78 is 30.0. The summed E-state index contributed by atoms with van der Waals surface area (Å²) >= 11 is 3.50. The van der Waals surface area contributed by atoms with E-state index in [1.807, 2.05) is 0 Å². The summed E-state index contributed by atoms with van der Waals surface area (Å²) in [7, 11) is -1.19. The van der Waals surface area contributed by atoms with Gasteiger partial charge in [0.15, 0.2) is 15.8 Å². The van der Waals surface area contributed by atoms with Crippen molar-refractivity contribution in [1.82, 2.24) is 10.6 Å². The molecule has 0 spiro atoms. The maximum absolute atomic E-state index is 11.7. The molecule has 0 amide bonds. The van der Waals surface area contributed by atoms with Crippen molar-refractivity contribution in [2.24, 2.45) is 4.99 Å². The van der Waals surface area contributed by atoms with Crippen LogP contribution in [-0.4, -0.2) is 58.7 Å². The third-order valence-electron chi connectivity index (χ3n) is 5.30. The summed E-state index contributed by atoms with van der Waals surface area (Å²) in [5.74, 6) is 1.09. The van der Waals surface area contributed by atoms with E-state index in [2.05, 4.69) is 55.8 Å². The van der Waals surface area contributed by atoms with E-state index in [1.165, 1.54) is 5.56 Å². The summed E-state index contributed by atoms with van der Waals surface area (Å²) in [4.78, 5) is 4.28. The first-order valence-electron chi connectivity index (χ1n) is 8.94. The van der Waals surface area contributed by atoms with Crippen molar-refractivity contribution in [3.05, 3.63) is 34.3 Å². The Balaban J connectivity index is 1.68. The number of sulfone groups is 1. The second-order valence-electron chi connectivity index (χ2n) is 7.07. The highest BCUT2D eigenvalue weighted by atomic mass is 79.9. The van der Waals surface area contributed by atoms with Crippen molar-refractivity contribution in [3.8, 4) is 0 Å². The zero-order chi connectivity index (χ0) is 18.6. The number of rotatable bonds is 4. The van der Waals surface area contributed by atoms with Crippen LogP contribution in [0.3, 0.4) is 0 Å². The van der Waals surface area contributed by atoms with Gasteiger partial charge in [-0.3, -0.25) is 4.99 Å². The molecule has 2 saturated heterocycles. The number of halogens is 1. The molecular formula is C18H26BrN3O3S. The lowest BCUT2D eigenvalue weighted by Gasteiger charge is -2.38. The molecule has 3 rings (SSSR count). The molecule has 26 heavy (non-hydrogen) atoms. The molecule has 1 aromatic carbocycles. The van der Waals surface area contributed by atoms with Gasteiger partial charge < -0.3 is 15.4 Å². The van der Waals surface area contributed by atoms with E-state index >= 15 is 0 Å². The van der Waals surface area contributed by atoms with E-state index in [4.69, 9.17) is 4.74 Å². The first kappa shape index (κ1) is 19.6. The Kier molecular flexibility index (Phi) is 6.25. The molecule has 8 heteroatoms. The number of hydrogen-bond acceptors (Lipinski definition) is 4. The van der Waals surface area contributed by atoms with E-state index in [0.717, 1.165) is 37.1 Å². The van der Waals surface area contributed by atoms with Crippen LogP contribution in [0.5, 0.6) is 0 Å². The molecular weight excluding hydrogens is 418 g/mol. The maximum Gasteiger partial charge on any atom is 0.191 e. The van der Waals surface area contributed by atoms with Gasteiger partial charge in [0.25, 0.3) is 0 Å². The van der Waals surface area contributed by atoms with Gasteiger partial charge >= 0.3 is 0 Å². The van der Waals surface area contributed by atoms with Crippen LogP contribution in [0.15, 0.2) is 33.7 Å². The molecule has 2 heterocycles. The lowest BCUT2D eigenvalue weighted by Crippen LogP contribution is -2.50. The fourth-order valence-electron chi connectivity index (χ4n) is 3.68. The van der Waals surface area contributed by atoms with Crippen LogP contribution in [-0.2, 0) is 20.0 Å². The minimum Gasteiger partial charge on any atom is -0.381 e. The Morgan fingerprint density at radius 2 is 2.00 bits per heavy atom. The van der Waals surface area contributed by atoms with Crippen LogP contribution in [0.1, 0.15) is 24.8 Å². The standard InChI is InChI=1S/C18H26BrN3O3S/c1-20-17(22-16-6-11-26(23,24)12-16)21-13-18(7-9-25-10-8-18)14-2-4-15(19)5-3-14/h2-5,16H,6-13H2,1H3,(H2,20,21,22). The molecule has 2 aliphatic rings. The van der Waals surface area contributed by atoms with Gasteiger partial charge in [-0.2, -0.15) is 0 Å². The van der Waals surface area contributed by atoms with Gasteiger partial charge in [-0.1, -0.05) is 28.1 Å². The van der Waals surface area contributed by atoms with Crippen molar-refractivity contribution in [1.29, 1.82) is 0 Å². The first-order valence-corrected chi connectivity index (χ1v) is 11.6. The number of nitrogens with zero attached hydrogens (tertiary/aromatic N) is 1. The highest BCUT2D eigenvalue weighted by molar-refractivity contribution is 9.10. The van der Waals surface area contributed by atoms with Crippen LogP contribution in [0.4, 0.5) is 0 Å². The van der Waals surface area contributed by atoms with Crippen molar-refractivity contribution in [2.45, 2.75) is 30.7 Å². The van der Waals surface area contributed by atoms with Crippen LogP contribution < -0.4 is 10.6 Å². The highest BCUT2D eigenvalue weighted by Gasteiger charge is 2.35. The Morgan fingerprint density at radius 3 is 2.58 bits per heavy atom. The molecule has 0 bridgehead atoms. The molecule has 1 aromatic rings. The zero-order valence-electron chi connectivity index (χ0n) is 15.0. The summed E-state index contributed by atoms with van der Waals surface area (Å²) in [6, 6.07) is 8.41. The fourth-order valence-corrected chi connectivity index (χ4v) is 5.62. The number of nitrogens with one attached hydrogen (secondary N) is 2. The Hall–Kier alpha value is -1.12. The highest BCUT2D eigenvalue weighted by Crippen LogP contribution is 2.35. The summed E-state index contributed by atoms with van der Waals surface area (Å²) in [5.41, 5.74) is 1.27. The zero-order valence-corrected chi connectivity index (χ0v) is 17.4. The largest absolute Gasteiger partial charge is 0.381 e. The molecule has 6 nitrogen and oxygen atoms in total. The van der Waals surface area contributed by atoms with Gasteiger partial charge in [-0.25, -0.2) is 8.42 Å². The number of benzene rings is 1. The molecule has 2 aliphatic heterocycles. The first-order chi connectivity index (χ1) is 12.4. The Morgan fingerprint density at radius 1 is 1.31 bits per heavy atom. The van der Waals surface area contributed by atoms with Gasteiger partial charge in [0.05, 0.1) is 11.5 Å². The van der Waals surface area contributed by atoms with Gasteiger partial charge in [-0.15, -0.1) is 0 Å². The van der Waals surface area contributed by atoms with E-state index in [1.54, 1.807) is 7.05 Å². The lowest BCUT2D eigenvalue weighted by atomic mass is 9.74. The third-order valence-corrected chi connectivity index (χ3v) is 7.59. The second-order valence-corrected chi connectivity index (χ2v) is 10.2. The molecule has 0 aromatic heterocycles. The van der Waals surface area contributed by atoms with Crippen molar-refractivity contribution in [3.63, 3.8) is 0 Å². The van der Waals surface area contributed by atoms with Crippen molar-refractivity contribution < 1.29 is 13.2 Å². The van der Waals surface area contributed by atoms with E-state index < -0.39 is 9.84 Å². The van der Waals surface area contributed by atoms with Crippen LogP contribution in [0, 0.1) is 0 Å². The smallest absolute Gasteiger partial charge is 0.191 e. The number of ether oxygens (including phenoxy) is 1. The van der Waals surface area contributed by atoms with Gasteiger partial charge in [0, 0.05) is 42.7 Å². The average molecular weight is 444 g/mol. The van der Waals surface area contributed by atoms with Crippen molar-refractivity contribution in [2.75, 3.05) is 38.3 Å². The molecule has 1 unspecified atom stereocenters. The Bertz CT molecular complexity index is 743. The van der Waals surface area contributed by atoms with Gasteiger partial charge in [0.1, 0.15) is 0 Å². The SMILES string of the molecule is CN=C(NCC1(c2ccc(Br)cc2)CCOCC1)NC1CCS(=O)(=O)C1.